The summed E-state index contributed by atoms with van der Waals surface area (Å²) in [7, 11) is 0. The van der Waals surface area contributed by atoms with Crippen LogP contribution < -0.4 is 0 Å². The average molecular weight is 306 g/mol. The van der Waals surface area contributed by atoms with E-state index in [1.807, 2.05) is 24.3 Å². The summed E-state index contributed by atoms with van der Waals surface area (Å²) < 4.78 is 6.35. The molecule has 2 rings (SSSR count). The number of aromatic nitrogens is 1. The average Bonchev–Trinajstić information content (AvgIpc) is 2.53. The first-order valence-electron chi connectivity index (χ1n) is 3.63. The summed E-state index contributed by atoms with van der Waals surface area (Å²) in [6, 6.07) is 7.95. The Morgan fingerprint density at radius 1 is 1.23 bits per heavy atom. The van der Waals surface area contributed by atoms with Crippen molar-refractivity contribution in [2.24, 2.45) is 0 Å². The molecule has 0 saturated carbocycles. The van der Waals surface area contributed by atoms with E-state index < -0.39 is 0 Å². The number of halogens is 2. The minimum atomic E-state index is 0.175. The third kappa shape index (κ3) is 2.03. The fourth-order valence-corrected chi connectivity index (χ4v) is 1.49. The first-order valence-corrected chi connectivity index (χ1v) is 5.08. The van der Waals surface area contributed by atoms with Gasteiger partial charge in [-0.25, -0.2) is 4.98 Å². The largest absolute Gasteiger partial charge is 0.428 e. The van der Waals surface area contributed by atoms with Gasteiger partial charge in [-0.1, -0.05) is 12.1 Å². The second-order valence-electron chi connectivity index (χ2n) is 2.48. The molecule has 0 radical (unpaired) electrons. The van der Waals surface area contributed by atoms with E-state index in [0.29, 0.717) is 5.76 Å². The van der Waals surface area contributed by atoms with Gasteiger partial charge in [0.1, 0.15) is 0 Å². The second kappa shape index (κ2) is 3.67. The highest BCUT2D eigenvalue weighted by atomic mass is 127. The van der Waals surface area contributed by atoms with Gasteiger partial charge in [-0.3, -0.25) is 0 Å². The standard InChI is InChI=1S/C9H5ClINO/c10-9-12-5-8(13-9)6-1-3-7(11)4-2-6/h1-5H. The van der Waals surface area contributed by atoms with Crippen LogP contribution in [0.25, 0.3) is 11.3 Å². The number of hydrogen-bond donors (Lipinski definition) is 0. The highest BCUT2D eigenvalue weighted by Gasteiger charge is 2.03. The Labute approximate surface area is 94.1 Å². The van der Waals surface area contributed by atoms with Gasteiger partial charge in [0, 0.05) is 9.13 Å². The van der Waals surface area contributed by atoms with Crippen LogP contribution in [0.15, 0.2) is 34.9 Å². The lowest BCUT2D eigenvalue weighted by Crippen LogP contribution is -1.73. The Hall–Kier alpha value is -0.550. The van der Waals surface area contributed by atoms with Crippen LogP contribution in [0.2, 0.25) is 5.35 Å². The smallest absolute Gasteiger partial charge is 0.292 e. The summed E-state index contributed by atoms with van der Waals surface area (Å²) in [5.74, 6) is 0.696. The summed E-state index contributed by atoms with van der Waals surface area (Å²) in [6.45, 7) is 0. The van der Waals surface area contributed by atoms with Crippen molar-refractivity contribution in [3.05, 3.63) is 39.4 Å². The van der Waals surface area contributed by atoms with E-state index in [4.69, 9.17) is 16.0 Å². The Morgan fingerprint density at radius 2 is 1.92 bits per heavy atom. The van der Waals surface area contributed by atoms with Gasteiger partial charge in [0.05, 0.1) is 6.20 Å². The monoisotopic (exact) mass is 305 g/mol. The molecule has 0 aliphatic rings. The SMILES string of the molecule is Clc1ncc(-c2ccc(I)cc2)o1. The van der Waals surface area contributed by atoms with Gasteiger partial charge in [-0.15, -0.1) is 0 Å². The van der Waals surface area contributed by atoms with E-state index in [1.54, 1.807) is 6.20 Å². The molecule has 0 spiro atoms. The Bertz CT molecular complexity index is 410. The molecule has 0 bridgehead atoms. The second-order valence-corrected chi connectivity index (χ2v) is 4.05. The van der Waals surface area contributed by atoms with E-state index in [9.17, 15) is 0 Å². The maximum atomic E-state index is 5.56. The molecule has 1 aromatic carbocycles. The van der Waals surface area contributed by atoms with Crippen LogP contribution in [0.1, 0.15) is 0 Å². The minimum absolute atomic E-state index is 0.175. The van der Waals surface area contributed by atoms with Gasteiger partial charge in [0.2, 0.25) is 0 Å². The van der Waals surface area contributed by atoms with Crippen LogP contribution in [0.3, 0.4) is 0 Å². The van der Waals surface area contributed by atoms with Crippen molar-refractivity contribution in [2.45, 2.75) is 0 Å². The zero-order chi connectivity index (χ0) is 9.26. The third-order valence-corrected chi connectivity index (χ3v) is 2.50. The van der Waals surface area contributed by atoms with E-state index in [2.05, 4.69) is 27.6 Å². The normalized spacial score (nSPS) is 10.3. The summed E-state index contributed by atoms with van der Waals surface area (Å²) in [4.78, 5) is 3.81. The van der Waals surface area contributed by atoms with E-state index >= 15 is 0 Å². The van der Waals surface area contributed by atoms with Crippen LogP contribution in [0.5, 0.6) is 0 Å². The molecule has 13 heavy (non-hydrogen) atoms. The zero-order valence-corrected chi connectivity index (χ0v) is 9.41. The number of hydrogen-bond acceptors (Lipinski definition) is 2. The number of nitrogens with zero attached hydrogens (tertiary/aromatic N) is 1. The molecule has 0 N–H and O–H groups in total. The molecule has 0 aliphatic carbocycles. The van der Waals surface area contributed by atoms with Crippen molar-refractivity contribution in [1.29, 1.82) is 0 Å². The van der Waals surface area contributed by atoms with E-state index in [0.717, 1.165) is 5.56 Å². The highest BCUT2D eigenvalue weighted by molar-refractivity contribution is 14.1. The Kier molecular flexibility index (Phi) is 2.55. The van der Waals surface area contributed by atoms with Crippen molar-refractivity contribution < 1.29 is 4.42 Å². The maximum absolute atomic E-state index is 5.56. The molecule has 0 aliphatic heterocycles. The van der Waals surface area contributed by atoms with Crippen molar-refractivity contribution in [3.63, 3.8) is 0 Å². The first kappa shape index (κ1) is 9.02. The lowest BCUT2D eigenvalue weighted by atomic mass is 10.2. The van der Waals surface area contributed by atoms with Crippen LogP contribution in [-0.4, -0.2) is 4.98 Å². The van der Waals surface area contributed by atoms with E-state index in [-0.39, 0.29) is 5.35 Å². The summed E-state index contributed by atoms with van der Waals surface area (Å²) in [6.07, 6.45) is 1.62. The number of oxazole rings is 1. The Balaban J connectivity index is 2.41. The number of rotatable bonds is 1. The predicted molar refractivity (Wildman–Crippen MR) is 59.7 cm³/mol. The van der Waals surface area contributed by atoms with Crippen molar-refractivity contribution in [2.75, 3.05) is 0 Å². The summed E-state index contributed by atoms with van der Waals surface area (Å²) in [5.41, 5.74) is 0.986. The lowest BCUT2D eigenvalue weighted by molar-refractivity contribution is 0.574. The maximum Gasteiger partial charge on any atom is 0.292 e. The number of benzene rings is 1. The minimum Gasteiger partial charge on any atom is -0.428 e. The molecule has 0 atom stereocenters. The molecule has 1 heterocycles. The molecule has 4 heteroatoms. The zero-order valence-electron chi connectivity index (χ0n) is 6.50. The van der Waals surface area contributed by atoms with Crippen LogP contribution in [-0.2, 0) is 0 Å². The molecule has 1 aromatic heterocycles. The lowest BCUT2D eigenvalue weighted by Gasteiger charge is -1.94. The van der Waals surface area contributed by atoms with Gasteiger partial charge in [0.15, 0.2) is 5.76 Å². The molecular weight excluding hydrogens is 300 g/mol. The highest BCUT2D eigenvalue weighted by Crippen LogP contribution is 2.22. The topological polar surface area (TPSA) is 26.0 Å². The fraction of sp³-hybridized carbons (Fsp3) is 0. The first-order chi connectivity index (χ1) is 6.25. The summed E-state index contributed by atoms with van der Waals surface area (Å²) >= 11 is 7.81. The van der Waals surface area contributed by atoms with Crippen LogP contribution in [0, 0.1) is 3.57 Å². The van der Waals surface area contributed by atoms with Gasteiger partial charge >= 0.3 is 0 Å². The molecule has 0 fully saturated rings. The molecule has 2 nitrogen and oxygen atoms in total. The fourth-order valence-electron chi connectivity index (χ4n) is 1.00. The molecule has 2 aromatic rings. The molecule has 0 amide bonds. The van der Waals surface area contributed by atoms with Gasteiger partial charge in [-0.2, -0.15) is 0 Å². The molecule has 0 unspecified atom stereocenters. The Morgan fingerprint density at radius 3 is 2.46 bits per heavy atom. The van der Waals surface area contributed by atoms with Gasteiger partial charge in [-0.05, 0) is 46.3 Å². The molecular formula is C9H5ClINO. The van der Waals surface area contributed by atoms with Gasteiger partial charge in [0.25, 0.3) is 5.35 Å². The van der Waals surface area contributed by atoms with Gasteiger partial charge < -0.3 is 4.42 Å². The summed E-state index contributed by atoms with van der Waals surface area (Å²) in [5, 5.41) is 0.175. The van der Waals surface area contributed by atoms with Crippen molar-refractivity contribution >= 4 is 34.2 Å². The molecule has 0 saturated heterocycles. The van der Waals surface area contributed by atoms with Crippen LogP contribution >= 0.6 is 34.2 Å². The third-order valence-electron chi connectivity index (χ3n) is 1.61. The van der Waals surface area contributed by atoms with Crippen LogP contribution in [0.4, 0.5) is 0 Å². The van der Waals surface area contributed by atoms with Crippen molar-refractivity contribution in [3.8, 4) is 11.3 Å². The molecule has 66 valence electrons. The quantitative estimate of drug-likeness (QED) is 0.752. The van der Waals surface area contributed by atoms with E-state index in [1.165, 1.54) is 3.57 Å². The predicted octanol–water partition coefficient (Wildman–Crippen LogP) is 3.60. The van der Waals surface area contributed by atoms with Crippen molar-refractivity contribution in [1.82, 2.24) is 4.98 Å².